The van der Waals surface area contributed by atoms with Gasteiger partial charge < -0.3 is 15.0 Å². The molecule has 2 amide bonds. The van der Waals surface area contributed by atoms with Crippen LogP contribution >= 0.6 is 0 Å². The molecule has 8 heteroatoms. The predicted molar refractivity (Wildman–Crippen MR) is 101 cm³/mol. The van der Waals surface area contributed by atoms with E-state index in [2.05, 4.69) is 5.32 Å². The van der Waals surface area contributed by atoms with Crippen molar-refractivity contribution >= 4 is 11.8 Å². The summed E-state index contributed by atoms with van der Waals surface area (Å²) in [4.78, 5) is 25.7. The SMILES string of the molecule is CCCN(CCC)C(=O)CCCC(=O)NCCOc1ccc(C(F)(F)F)cc1. The molecule has 0 unspecified atom stereocenters. The fraction of sp³-hybridized carbons (Fsp3) is 0.600. The van der Waals surface area contributed by atoms with Gasteiger partial charge in [-0.3, -0.25) is 9.59 Å². The van der Waals surface area contributed by atoms with Crippen molar-refractivity contribution in [3.8, 4) is 5.75 Å². The number of alkyl halides is 3. The first-order chi connectivity index (χ1) is 13.3. The van der Waals surface area contributed by atoms with Gasteiger partial charge in [0.15, 0.2) is 0 Å². The van der Waals surface area contributed by atoms with E-state index in [0.29, 0.717) is 18.6 Å². The van der Waals surface area contributed by atoms with Crippen LogP contribution in [0.4, 0.5) is 13.2 Å². The molecule has 0 aliphatic rings. The number of halogens is 3. The lowest BCUT2D eigenvalue weighted by Crippen LogP contribution is -2.33. The molecule has 0 fully saturated rings. The van der Waals surface area contributed by atoms with E-state index in [1.807, 2.05) is 18.7 Å². The van der Waals surface area contributed by atoms with Crippen LogP contribution < -0.4 is 10.1 Å². The minimum Gasteiger partial charge on any atom is -0.492 e. The summed E-state index contributed by atoms with van der Waals surface area (Å²) in [7, 11) is 0. The van der Waals surface area contributed by atoms with Crippen LogP contribution in [-0.4, -0.2) is 43.0 Å². The Hall–Kier alpha value is -2.25. The van der Waals surface area contributed by atoms with Gasteiger partial charge >= 0.3 is 6.18 Å². The average Bonchev–Trinajstić information content (AvgIpc) is 2.64. The Labute approximate surface area is 164 Å². The fourth-order valence-corrected chi connectivity index (χ4v) is 2.65. The van der Waals surface area contributed by atoms with E-state index in [0.717, 1.165) is 38.1 Å². The molecule has 0 spiro atoms. The zero-order chi connectivity index (χ0) is 21.0. The molecule has 28 heavy (non-hydrogen) atoms. The number of rotatable bonds is 12. The highest BCUT2D eigenvalue weighted by Gasteiger charge is 2.30. The molecule has 0 aromatic heterocycles. The van der Waals surface area contributed by atoms with E-state index in [4.69, 9.17) is 4.74 Å². The zero-order valence-electron chi connectivity index (χ0n) is 16.5. The standard InChI is InChI=1S/C20H29F3N2O3/c1-3-13-25(14-4-2)19(27)7-5-6-18(26)24-12-15-28-17-10-8-16(9-11-17)20(21,22)23/h8-11H,3-7,12-15H2,1-2H3,(H,24,26). The molecule has 0 atom stereocenters. The molecule has 0 radical (unpaired) electrons. The van der Waals surface area contributed by atoms with E-state index in [9.17, 15) is 22.8 Å². The van der Waals surface area contributed by atoms with Crippen molar-refractivity contribution in [3.63, 3.8) is 0 Å². The van der Waals surface area contributed by atoms with Crippen molar-refractivity contribution in [2.45, 2.75) is 52.1 Å². The third-order valence-electron chi connectivity index (χ3n) is 4.01. The lowest BCUT2D eigenvalue weighted by molar-refractivity contribution is -0.137. The van der Waals surface area contributed by atoms with Gasteiger partial charge in [0.25, 0.3) is 0 Å². The van der Waals surface area contributed by atoms with E-state index in [1.54, 1.807) is 0 Å². The number of hydrogen-bond acceptors (Lipinski definition) is 3. The molecule has 0 saturated carbocycles. The van der Waals surface area contributed by atoms with Crippen LogP contribution in [0.15, 0.2) is 24.3 Å². The second kappa shape index (κ2) is 12.3. The highest BCUT2D eigenvalue weighted by molar-refractivity contribution is 5.78. The van der Waals surface area contributed by atoms with Crippen LogP contribution in [0.1, 0.15) is 51.5 Å². The Kier molecular flexibility index (Phi) is 10.4. The number of nitrogens with zero attached hydrogens (tertiary/aromatic N) is 1. The Morgan fingerprint density at radius 3 is 2.18 bits per heavy atom. The summed E-state index contributed by atoms with van der Waals surface area (Å²) in [5, 5.41) is 2.67. The van der Waals surface area contributed by atoms with E-state index >= 15 is 0 Å². The number of benzene rings is 1. The molecule has 1 aromatic carbocycles. The molecule has 158 valence electrons. The van der Waals surface area contributed by atoms with Crippen LogP contribution in [0.25, 0.3) is 0 Å². The first-order valence-corrected chi connectivity index (χ1v) is 9.62. The molecule has 0 saturated heterocycles. The normalized spacial score (nSPS) is 11.2. The Morgan fingerprint density at radius 1 is 1.04 bits per heavy atom. The molecular weight excluding hydrogens is 373 g/mol. The number of carbonyl (C=O) groups excluding carboxylic acids is 2. The molecule has 0 bridgehead atoms. The van der Waals surface area contributed by atoms with Gasteiger partial charge in [0.05, 0.1) is 12.1 Å². The van der Waals surface area contributed by atoms with Crippen LogP contribution in [0.3, 0.4) is 0 Å². The number of carbonyl (C=O) groups is 2. The van der Waals surface area contributed by atoms with E-state index in [-0.39, 0.29) is 31.4 Å². The molecule has 0 aliphatic carbocycles. The number of ether oxygens (including phenoxy) is 1. The Balaban J connectivity index is 2.20. The van der Waals surface area contributed by atoms with Gasteiger partial charge in [-0.05, 0) is 43.5 Å². The minimum absolute atomic E-state index is 0.0714. The largest absolute Gasteiger partial charge is 0.492 e. The van der Waals surface area contributed by atoms with Crippen molar-refractivity contribution in [2.24, 2.45) is 0 Å². The van der Waals surface area contributed by atoms with Crippen LogP contribution in [0.5, 0.6) is 5.75 Å². The smallest absolute Gasteiger partial charge is 0.416 e. The number of hydrogen-bond donors (Lipinski definition) is 1. The summed E-state index contributed by atoms with van der Waals surface area (Å²) in [5.41, 5.74) is -0.737. The first kappa shape index (κ1) is 23.8. The fourth-order valence-electron chi connectivity index (χ4n) is 2.65. The summed E-state index contributed by atoms with van der Waals surface area (Å²) >= 11 is 0. The zero-order valence-corrected chi connectivity index (χ0v) is 16.5. The van der Waals surface area contributed by atoms with Gasteiger partial charge in [0.2, 0.25) is 11.8 Å². The van der Waals surface area contributed by atoms with Crippen molar-refractivity contribution in [2.75, 3.05) is 26.2 Å². The van der Waals surface area contributed by atoms with Gasteiger partial charge in [-0.15, -0.1) is 0 Å². The topological polar surface area (TPSA) is 58.6 Å². The van der Waals surface area contributed by atoms with Crippen molar-refractivity contribution in [3.05, 3.63) is 29.8 Å². The molecule has 0 heterocycles. The molecule has 1 aromatic rings. The van der Waals surface area contributed by atoms with Crippen LogP contribution in [0.2, 0.25) is 0 Å². The summed E-state index contributed by atoms with van der Waals surface area (Å²) in [6.45, 7) is 5.91. The van der Waals surface area contributed by atoms with Gasteiger partial charge in [0.1, 0.15) is 12.4 Å². The maximum absolute atomic E-state index is 12.5. The first-order valence-electron chi connectivity index (χ1n) is 9.62. The summed E-state index contributed by atoms with van der Waals surface area (Å²) in [6, 6.07) is 4.39. The quantitative estimate of drug-likeness (QED) is 0.537. The monoisotopic (exact) mass is 402 g/mol. The number of nitrogens with one attached hydrogen (secondary N) is 1. The predicted octanol–water partition coefficient (Wildman–Crippen LogP) is 4.02. The number of amides is 2. The van der Waals surface area contributed by atoms with Crippen molar-refractivity contribution in [1.82, 2.24) is 10.2 Å². The summed E-state index contributed by atoms with van der Waals surface area (Å²) < 4.78 is 42.7. The average molecular weight is 402 g/mol. The summed E-state index contributed by atoms with van der Waals surface area (Å²) in [5.74, 6) is 0.197. The van der Waals surface area contributed by atoms with Crippen molar-refractivity contribution < 1.29 is 27.5 Å². The highest BCUT2D eigenvalue weighted by Crippen LogP contribution is 2.30. The third kappa shape index (κ3) is 9.10. The third-order valence-corrected chi connectivity index (χ3v) is 4.01. The van der Waals surface area contributed by atoms with Crippen LogP contribution in [0, 0.1) is 0 Å². The second-order valence-corrected chi connectivity index (χ2v) is 6.45. The molecule has 5 nitrogen and oxygen atoms in total. The van der Waals surface area contributed by atoms with Crippen molar-refractivity contribution in [1.29, 1.82) is 0 Å². The van der Waals surface area contributed by atoms with Gasteiger partial charge in [0, 0.05) is 25.9 Å². The minimum atomic E-state index is -4.38. The molecule has 1 rings (SSSR count). The molecule has 0 aliphatic heterocycles. The lowest BCUT2D eigenvalue weighted by Gasteiger charge is -2.21. The Morgan fingerprint density at radius 2 is 1.64 bits per heavy atom. The Bertz CT molecular complexity index is 598. The maximum Gasteiger partial charge on any atom is 0.416 e. The summed E-state index contributed by atoms with van der Waals surface area (Å²) in [6.07, 6.45) is -1.49. The molecule has 1 N–H and O–H groups in total. The van der Waals surface area contributed by atoms with Gasteiger partial charge in [-0.2, -0.15) is 13.2 Å². The van der Waals surface area contributed by atoms with E-state index < -0.39 is 11.7 Å². The van der Waals surface area contributed by atoms with E-state index in [1.165, 1.54) is 12.1 Å². The molecular formula is C20H29F3N2O3. The lowest BCUT2D eigenvalue weighted by atomic mass is 10.2. The maximum atomic E-state index is 12.5. The second-order valence-electron chi connectivity index (χ2n) is 6.45. The highest BCUT2D eigenvalue weighted by atomic mass is 19.4. The van der Waals surface area contributed by atoms with Gasteiger partial charge in [-0.1, -0.05) is 13.8 Å². The van der Waals surface area contributed by atoms with Gasteiger partial charge in [-0.25, -0.2) is 0 Å². The van der Waals surface area contributed by atoms with Crippen LogP contribution in [-0.2, 0) is 15.8 Å².